The van der Waals surface area contributed by atoms with Gasteiger partial charge in [0.25, 0.3) is 0 Å². The molecule has 1 amide bonds. The minimum Gasteiger partial charge on any atom is -0.480 e. The van der Waals surface area contributed by atoms with Gasteiger partial charge in [-0.2, -0.15) is 0 Å². The molecule has 1 atom stereocenters. The van der Waals surface area contributed by atoms with Crippen LogP contribution in [0.15, 0.2) is 24.3 Å². The Morgan fingerprint density at radius 2 is 1.84 bits per heavy atom. The van der Waals surface area contributed by atoms with Crippen LogP contribution in [0.3, 0.4) is 0 Å². The van der Waals surface area contributed by atoms with Crippen LogP contribution in [-0.4, -0.2) is 35.0 Å². The molecule has 1 N–H and O–H groups in total. The van der Waals surface area contributed by atoms with Crippen molar-refractivity contribution in [3.63, 3.8) is 0 Å². The second kappa shape index (κ2) is 6.59. The third kappa shape index (κ3) is 3.98. The summed E-state index contributed by atoms with van der Waals surface area (Å²) in [4.78, 5) is 23.7. The lowest BCUT2D eigenvalue weighted by Gasteiger charge is -2.19. The molecule has 0 aliphatic heterocycles. The van der Waals surface area contributed by atoms with Crippen molar-refractivity contribution < 1.29 is 14.7 Å². The predicted octanol–water partition coefficient (Wildman–Crippen LogP) is 2.94. The molecule has 0 spiro atoms. The summed E-state index contributed by atoms with van der Waals surface area (Å²) in [5.41, 5.74) is 0.524. The maximum atomic E-state index is 11.8. The number of nitrogens with zero attached hydrogens (tertiary/aromatic N) is 1. The average molecular weight is 302 g/mol. The molecule has 0 saturated heterocycles. The van der Waals surface area contributed by atoms with Crippen LogP contribution >= 0.6 is 23.2 Å². The highest BCUT2D eigenvalue weighted by atomic mass is 35.5. The van der Waals surface area contributed by atoms with Crippen molar-refractivity contribution in [2.45, 2.75) is 13.0 Å². The third-order valence-corrected chi connectivity index (χ3v) is 3.34. The van der Waals surface area contributed by atoms with Gasteiger partial charge < -0.3 is 10.0 Å². The molecular weight excluding hydrogens is 289 g/mol. The molecule has 1 unspecified atom stereocenters. The van der Waals surface area contributed by atoms with E-state index in [0.717, 1.165) is 4.90 Å². The second-order valence-electron chi connectivity index (χ2n) is 3.93. The summed E-state index contributed by atoms with van der Waals surface area (Å²) < 4.78 is 0. The molecule has 1 rings (SSSR count). The molecule has 19 heavy (non-hydrogen) atoms. The summed E-state index contributed by atoms with van der Waals surface area (Å²) >= 11 is 11.9. The summed E-state index contributed by atoms with van der Waals surface area (Å²) in [6, 6.07) is 4.10. The fraction of sp³-hybridized carbons (Fsp3) is 0.231. The molecule has 6 heteroatoms. The molecule has 1 aromatic carbocycles. The van der Waals surface area contributed by atoms with Crippen LogP contribution in [0.2, 0.25) is 10.0 Å². The van der Waals surface area contributed by atoms with Gasteiger partial charge in [-0.05, 0) is 25.1 Å². The Kier molecular flexibility index (Phi) is 5.39. The quantitative estimate of drug-likeness (QED) is 0.870. The lowest BCUT2D eigenvalue weighted by Crippen LogP contribution is -2.39. The van der Waals surface area contributed by atoms with Crippen LogP contribution in [-0.2, 0) is 9.59 Å². The van der Waals surface area contributed by atoms with E-state index < -0.39 is 17.9 Å². The number of aliphatic carboxylic acids is 1. The maximum absolute atomic E-state index is 11.8. The number of halogens is 2. The zero-order chi connectivity index (χ0) is 14.6. The molecule has 4 nitrogen and oxygen atoms in total. The van der Waals surface area contributed by atoms with Crippen molar-refractivity contribution in [3.8, 4) is 0 Å². The second-order valence-corrected chi connectivity index (χ2v) is 4.75. The Morgan fingerprint density at radius 3 is 2.32 bits per heavy atom. The number of rotatable bonds is 4. The summed E-state index contributed by atoms with van der Waals surface area (Å²) in [6.07, 6.45) is 2.71. The third-order valence-electron chi connectivity index (χ3n) is 2.68. The van der Waals surface area contributed by atoms with E-state index in [1.54, 1.807) is 18.2 Å². The van der Waals surface area contributed by atoms with E-state index in [1.165, 1.54) is 26.1 Å². The van der Waals surface area contributed by atoms with Crippen molar-refractivity contribution in [3.05, 3.63) is 39.9 Å². The summed E-state index contributed by atoms with van der Waals surface area (Å²) in [5.74, 6) is -1.51. The van der Waals surface area contributed by atoms with Crippen LogP contribution in [0.4, 0.5) is 0 Å². The van der Waals surface area contributed by atoms with Crippen molar-refractivity contribution in [2.24, 2.45) is 0 Å². The number of amides is 1. The Bertz CT molecular complexity index is 508. The van der Waals surface area contributed by atoms with Gasteiger partial charge >= 0.3 is 5.97 Å². The molecule has 0 bridgehead atoms. The first-order valence-corrected chi connectivity index (χ1v) is 6.22. The topological polar surface area (TPSA) is 57.6 Å². The van der Waals surface area contributed by atoms with Crippen LogP contribution in [0.25, 0.3) is 6.08 Å². The number of hydrogen-bond donors (Lipinski definition) is 1. The van der Waals surface area contributed by atoms with E-state index in [0.29, 0.717) is 15.6 Å². The normalized spacial score (nSPS) is 12.4. The highest BCUT2D eigenvalue weighted by Gasteiger charge is 2.19. The van der Waals surface area contributed by atoms with Gasteiger partial charge in [-0.3, -0.25) is 4.79 Å². The molecule has 1 aromatic rings. The number of carbonyl (C=O) groups excluding carboxylic acids is 1. The molecule has 0 aliphatic rings. The monoisotopic (exact) mass is 301 g/mol. The molecule has 0 fully saturated rings. The van der Waals surface area contributed by atoms with Crippen molar-refractivity contribution >= 4 is 41.2 Å². The van der Waals surface area contributed by atoms with Gasteiger partial charge in [0.1, 0.15) is 6.04 Å². The zero-order valence-electron chi connectivity index (χ0n) is 10.4. The largest absolute Gasteiger partial charge is 0.480 e. The molecule has 0 radical (unpaired) electrons. The highest BCUT2D eigenvalue weighted by Crippen LogP contribution is 2.25. The fourth-order valence-electron chi connectivity index (χ4n) is 1.30. The first-order chi connectivity index (χ1) is 8.84. The SMILES string of the molecule is CC(C(=O)O)N(C)C(=O)C=Cc1c(Cl)cccc1Cl. The Morgan fingerprint density at radius 1 is 1.32 bits per heavy atom. The fourth-order valence-corrected chi connectivity index (χ4v) is 1.82. The summed E-state index contributed by atoms with van der Waals surface area (Å²) in [7, 11) is 1.42. The zero-order valence-corrected chi connectivity index (χ0v) is 11.9. The predicted molar refractivity (Wildman–Crippen MR) is 75.4 cm³/mol. The van der Waals surface area contributed by atoms with E-state index in [-0.39, 0.29) is 0 Å². The number of benzene rings is 1. The van der Waals surface area contributed by atoms with Crippen molar-refractivity contribution in [1.29, 1.82) is 0 Å². The Hall–Kier alpha value is -1.52. The van der Waals surface area contributed by atoms with E-state index in [1.807, 2.05) is 0 Å². The molecular formula is C13H13Cl2NO3. The molecule has 0 saturated carbocycles. The Labute approximate surface area is 121 Å². The van der Waals surface area contributed by atoms with Gasteiger partial charge in [-0.25, -0.2) is 4.79 Å². The van der Waals surface area contributed by atoms with Gasteiger partial charge in [0.2, 0.25) is 5.91 Å². The highest BCUT2D eigenvalue weighted by molar-refractivity contribution is 6.37. The number of carboxylic acid groups (broad SMARTS) is 1. The van der Waals surface area contributed by atoms with Gasteiger partial charge in [-0.15, -0.1) is 0 Å². The standard InChI is InChI=1S/C13H13Cl2NO3/c1-8(13(18)19)16(2)12(17)7-6-9-10(14)4-3-5-11(9)15/h3-8H,1-2H3,(H,18,19). The van der Waals surface area contributed by atoms with Crippen LogP contribution in [0.5, 0.6) is 0 Å². The molecule has 0 heterocycles. The van der Waals surface area contributed by atoms with Crippen LogP contribution in [0, 0.1) is 0 Å². The lowest BCUT2D eigenvalue weighted by molar-refractivity contribution is -0.146. The van der Waals surface area contributed by atoms with E-state index >= 15 is 0 Å². The minimum atomic E-state index is -1.07. The van der Waals surface area contributed by atoms with Crippen LogP contribution < -0.4 is 0 Å². The van der Waals surface area contributed by atoms with Crippen molar-refractivity contribution in [1.82, 2.24) is 4.90 Å². The molecule has 102 valence electrons. The van der Waals surface area contributed by atoms with Gasteiger partial charge in [0.05, 0.1) is 0 Å². The Balaban J connectivity index is 2.87. The summed E-state index contributed by atoms with van der Waals surface area (Å²) in [6.45, 7) is 1.43. The maximum Gasteiger partial charge on any atom is 0.326 e. The van der Waals surface area contributed by atoms with Gasteiger partial charge in [0, 0.05) is 28.7 Å². The van der Waals surface area contributed by atoms with Crippen LogP contribution in [0.1, 0.15) is 12.5 Å². The number of likely N-dealkylation sites (N-methyl/N-ethyl adjacent to an activating group) is 1. The first-order valence-electron chi connectivity index (χ1n) is 5.46. The first kappa shape index (κ1) is 15.5. The number of carboxylic acids is 1. The average Bonchev–Trinajstić information content (AvgIpc) is 2.35. The molecule has 0 aliphatic carbocycles. The minimum absolute atomic E-state index is 0.422. The lowest BCUT2D eigenvalue weighted by atomic mass is 10.2. The number of hydrogen-bond acceptors (Lipinski definition) is 2. The van der Waals surface area contributed by atoms with E-state index in [9.17, 15) is 9.59 Å². The van der Waals surface area contributed by atoms with Gasteiger partial charge in [0.15, 0.2) is 0 Å². The van der Waals surface area contributed by atoms with Crippen molar-refractivity contribution in [2.75, 3.05) is 7.05 Å². The van der Waals surface area contributed by atoms with Gasteiger partial charge in [-0.1, -0.05) is 29.3 Å². The van der Waals surface area contributed by atoms with E-state index in [4.69, 9.17) is 28.3 Å². The smallest absolute Gasteiger partial charge is 0.326 e. The molecule has 0 aromatic heterocycles. The van der Waals surface area contributed by atoms with E-state index in [2.05, 4.69) is 0 Å². The summed E-state index contributed by atoms with van der Waals surface area (Å²) in [5, 5.41) is 9.66. The number of carbonyl (C=O) groups is 2.